The van der Waals surface area contributed by atoms with Crippen molar-refractivity contribution in [3.8, 4) is 0 Å². The highest BCUT2D eigenvalue weighted by Gasteiger charge is 2.30. The molecule has 0 aromatic carbocycles. The molecule has 3 heterocycles. The van der Waals surface area contributed by atoms with Gasteiger partial charge in [-0.25, -0.2) is 4.99 Å². The third-order valence-corrected chi connectivity index (χ3v) is 5.41. The first-order valence-corrected chi connectivity index (χ1v) is 9.44. The van der Waals surface area contributed by atoms with Crippen LogP contribution in [0.15, 0.2) is 4.99 Å². The molecule has 2 saturated heterocycles. The number of hydrogen-bond acceptors (Lipinski definition) is 4. The second-order valence-corrected chi connectivity index (χ2v) is 6.98. The van der Waals surface area contributed by atoms with E-state index in [4.69, 9.17) is 9.73 Å². The van der Waals surface area contributed by atoms with Crippen LogP contribution >= 0.6 is 24.0 Å². The van der Waals surface area contributed by atoms with E-state index in [1.165, 1.54) is 17.7 Å². The van der Waals surface area contributed by atoms with E-state index in [1.54, 1.807) is 0 Å². The lowest BCUT2D eigenvalue weighted by atomic mass is 10.2. The number of morpholine rings is 1. The minimum Gasteiger partial charge on any atom is -0.379 e. The third-order valence-electron chi connectivity index (χ3n) is 5.41. The Balaban J connectivity index is 0.00000243. The highest BCUT2D eigenvalue weighted by Crippen LogP contribution is 2.18. The number of ether oxygens (including phenoxy) is 1. The van der Waals surface area contributed by atoms with Crippen molar-refractivity contribution in [3.63, 3.8) is 0 Å². The summed E-state index contributed by atoms with van der Waals surface area (Å²) in [4.78, 5) is 9.89. The van der Waals surface area contributed by atoms with Gasteiger partial charge < -0.3 is 15.0 Å². The van der Waals surface area contributed by atoms with Crippen molar-refractivity contribution >= 4 is 29.9 Å². The Labute approximate surface area is 174 Å². The molecule has 0 spiro atoms. The number of nitrogens with zero attached hydrogens (tertiary/aromatic N) is 5. The molecule has 0 radical (unpaired) electrons. The summed E-state index contributed by atoms with van der Waals surface area (Å²) in [7, 11) is 1.99. The van der Waals surface area contributed by atoms with Gasteiger partial charge in [0.2, 0.25) is 0 Å². The first kappa shape index (κ1) is 21.4. The molecule has 148 valence electrons. The van der Waals surface area contributed by atoms with Crippen molar-refractivity contribution in [2.75, 3.05) is 45.9 Å². The predicted molar refractivity (Wildman–Crippen MR) is 115 cm³/mol. The number of hydrogen-bond donors (Lipinski definition) is 1. The Bertz CT molecular complexity index is 611. The Morgan fingerprint density at radius 2 is 2.00 bits per heavy atom. The number of likely N-dealkylation sites (tertiary alicyclic amines) is 1. The van der Waals surface area contributed by atoms with Crippen LogP contribution in [0, 0.1) is 13.8 Å². The normalized spacial score (nSPS) is 21.8. The molecule has 8 heteroatoms. The average Bonchev–Trinajstić information content (AvgIpc) is 3.19. The number of guanidine groups is 1. The molecule has 2 fully saturated rings. The Morgan fingerprint density at radius 3 is 2.62 bits per heavy atom. The molecule has 0 saturated carbocycles. The smallest absolute Gasteiger partial charge is 0.194 e. The van der Waals surface area contributed by atoms with Gasteiger partial charge in [0.05, 0.1) is 25.5 Å². The van der Waals surface area contributed by atoms with Gasteiger partial charge >= 0.3 is 0 Å². The predicted octanol–water partition coefficient (Wildman–Crippen LogP) is 1.53. The fourth-order valence-electron chi connectivity index (χ4n) is 3.80. The van der Waals surface area contributed by atoms with E-state index in [0.29, 0.717) is 12.6 Å². The zero-order valence-electron chi connectivity index (χ0n) is 16.5. The van der Waals surface area contributed by atoms with Crippen LogP contribution in [0.25, 0.3) is 0 Å². The summed E-state index contributed by atoms with van der Waals surface area (Å²) in [5.41, 5.74) is 3.51. The van der Waals surface area contributed by atoms with Crippen molar-refractivity contribution in [2.24, 2.45) is 12.0 Å². The second-order valence-electron chi connectivity index (χ2n) is 6.98. The summed E-state index contributed by atoms with van der Waals surface area (Å²) >= 11 is 0. The summed E-state index contributed by atoms with van der Waals surface area (Å²) in [6, 6.07) is 0.620. The largest absolute Gasteiger partial charge is 0.379 e. The number of aromatic nitrogens is 2. The number of rotatable bonds is 4. The fourth-order valence-corrected chi connectivity index (χ4v) is 3.80. The molecule has 0 aliphatic carbocycles. The standard InChI is InChI=1S/C18H32N6O.HI/c1-5-19-18(20-12-17-14(2)21-22(4)15(17)3)24-7-6-16(13-24)23-8-10-25-11-9-23;/h16H,5-13H2,1-4H3,(H,19,20);1H. The lowest BCUT2D eigenvalue weighted by Crippen LogP contribution is -2.46. The third kappa shape index (κ3) is 4.89. The molecule has 3 rings (SSSR count). The first-order chi connectivity index (χ1) is 12.1. The lowest BCUT2D eigenvalue weighted by Gasteiger charge is -2.32. The molecular formula is C18H33IN6O. The van der Waals surface area contributed by atoms with Gasteiger partial charge in [-0.05, 0) is 27.2 Å². The average molecular weight is 476 g/mol. The summed E-state index contributed by atoms with van der Waals surface area (Å²) in [6.07, 6.45) is 1.20. The van der Waals surface area contributed by atoms with Crippen LogP contribution in [0.1, 0.15) is 30.3 Å². The van der Waals surface area contributed by atoms with Gasteiger partial charge in [-0.2, -0.15) is 5.10 Å². The number of aryl methyl sites for hydroxylation is 2. The van der Waals surface area contributed by atoms with Gasteiger partial charge in [-0.3, -0.25) is 9.58 Å². The van der Waals surface area contributed by atoms with Crippen molar-refractivity contribution in [1.82, 2.24) is 24.9 Å². The Kier molecular flexibility index (Phi) is 8.15. The van der Waals surface area contributed by atoms with E-state index in [0.717, 1.165) is 57.6 Å². The SMILES string of the molecule is CCNC(=NCc1c(C)nn(C)c1C)N1CCC(N2CCOCC2)C1.I. The highest BCUT2D eigenvalue weighted by molar-refractivity contribution is 14.0. The van der Waals surface area contributed by atoms with Crippen molar-refractivity contribution < 1.29 is 4.74 Å². The maximum atomic E-state index is 5.48. The van der Waals surface area contributed by atoms with Crippen LogP contribution < -0.4 is 5.32 Å². The van der Waals surface area contributed by atoms with Crippen molar-refractivity contribution in [3.05, 3.63) is 17.0 Å². The van der Waals surface area contributed by atoms with Crippen LogP contribution in [-0.2, 0) is 18.3 Å². The number of nitrogens with one attached hydrogen (secondary N) is 1. The quantitative estimate of drug-likeness (QED) is 0.406. The summed E-state index contributed by atoms with van der Waals surface area (Å²) < 4.78 is 7.43. The van der Waals surface area contributed by atoms with Gasteiger partial charge in [0.1, 0.15) is 0 Å². The fraction of sp³-hybridized carbons (Fsp3) is 0.778. The van der Waals surface area contributed by atoms with Gasteiger partial charge in [-0.15, -0.1) is 24.0 Å². The van der Waals surface area contributed by atoms with Crippen LogP contribution in [0.4, 0.5) is 0 Å². The molecule has 1 N–H and O–H groups in total. The van der Waals surface area contributed by atoms with Crippen LogP contribution in [-0.4, -0.2) is 77.5 Å². The molecule has 1 atom stereocenters. The van der Waals surface area contributed by atoms with Gasteiger partial charge in [-0.1, -0.05) is 0 Å². The number of aliphatic imine (C=N–C) groups is 1. The minimum absolute atomic E-state index is 0. The van der Waals surface area contributed by atoms with Gasteiger partial charge in [0.25, 0.3) is 0 Å². The van der Waals surface area contributed by atoms with E-state index >= 15 is 0 Å². The molecule has 0 amide bonds. The molecule has 0 bridgehead atoms. The van der Waals surface area contributed by atoms with E-state index < -0.39 is 0 Å². The van der Waals surface area contributed by atoms with Crippen molar-refractivity contribution in [1.29, 1.82) is 0 Å². The monoisotopic (exact) mass is 476 g/mol. The van der Waals surface area contributed by atoms with E-state index in [1.807, 2.05) is 11.7 Å². The molecule has 1 aromatic rings. The van der Waals surface area contributed by atoms with Gasteiger partial charge in [0, 0.05) is 57.1 Å². The zero-order valence-corrected chi connectivity index (χ0v) is 18.8. The van der Waals surface area contributed by atoms with Crippen molar-refractivity contribution in [2.45, 2.75) is 39.8 Å². The number of halogens is 1. The topological polar surface area (TPSA) is 57.9 Å². The zero-order chi connectivity index (χ0) is 17.8. The van der Waals surface area contributed by atoms with E-state index in [2.05, 4.69) is 41.0 Å². The highest BCUT2D eigenvalue weighted by atomic mass is 127. The molecular weight excluding hydrogens is 443 g/mol. The Morgan fingerprint density at radius 1 is 1.27 bits per heavy atom. The first-order valence-electron chi connectivity index (χ1n) is 9.44. The van der Waals surface area contributed by atoms with E-state index in [-0.39, 0.29) is 24.0 Å². The lowest BCUT2D eigenvalue weighted by molar-refractivity contribution is 0.0195. The molecule has 1 unspecified atom stereocenters. The van der Waals surface area contributed by atoms with Crippen LogP contribution in [0.3, 0.4) is 0 Å². The summed E-state index contributed by atoms with van der Waals surface area (Å²) in [6.45, 7) is 13.8. The summed E-state index contributed by atoms with van der Waals surface area (Å²) in [5, 5.41) is 7.97. The van der Waals surface area contributed by atoms with E-state index in [9.17, 15) is 0 Å². The van der Waals surface area contributed by atoms with Gasteiger partial charge in [0.15, 0.2) is 5.96 Å². The second kappa shape index (κ2) is 9.89. The van der Waals surface area contributed by atoms with Crippen LogP contribution in [0.2, 0.25) is 0 Å². The summed E-state index contributed by atoms with van der Waals surface area (Å²) in [5.74, 6) is 1.03. The maximum Gasteiger partial charge on any atom is 0.194 e. The molecule has 2 aliphatic heterocycles. The molecule has 1 aromatic heterocycles. The molecule has 26 heavy (non-hydrogen) atoms. The Hall–Kier alpha value is -0.870. The molecule has 2 aliphatic rings. The maximum absolute atomic E-state index is 5.48. The molecule has 7 nitrogen and oxygen atoms in total. The van der Waals surface area contributed by atoms with Crippen LogP contribution in [0.5, 0.6) is 0 Å². The minimum atomic E-state index is 0.